The maximum absolute atomic E-state index is 11.4. The van der Waals surface area contributed by atoms with Crippen LogP contribution in [0.3, 0.4) is 0 Å². The Kier molecular flexibility index (Phi) is 14.2. The van der Waals surface area contributed by atoms with Crippen LogP contribution in [-0.4, -0.2) is 76.3 Å². The Hall–Kier alpha value is -4.99. The predicted octanol–water partition coefficient (Wildman–Crippen LogP) is 6.54. The monoisotopic (exact) mass is 740 g/mol. The SMILES string of the molecule is Cc1c(COc2cc(OCc3cncc(C#N)c3)c(C/N=C(\CO)C(=O)O)cc2Cl)cccc1-c1cccc(OCCCN2CCC(CO)CC2)c1C. The molecule has 0 bridgehead atoms. The number of hydrogen-bond acceptors (Lipinski definition) is 10. The van der Waals surface area contributed by atoms with Crippen LogP contribution in [0.4, 0.5) is 0 Å². The average Bonchev–Trinajstić information content (AvgIpc) is 3.17. The highest BCUT2D eigenvalue weighted by Crippen LogP contribution is 2.36. The number of rotatable bonds is 17. The van der Waals surface area contributed by atoms with E-state index >= 15 is 0 Å². The fraction of sp³-hybridized carbons (Fsp3) is 0.366. The molecule has 53 heavy (non-hydrogen) atoms. The van der Waals surface area contributed by atoms with Gasteiger partial charge in [0.15, 0.2) is 0 Å². The first kappa shape index (κ1) is 39.2. The molecule has 1 aromatic heterocycles. The molecule has 1 saturated heterocycles. The molecular weight excluding hydrogens is 696 g/mol. The van der Waals surface area contributed by atoms with Gasteiger partial charge in [0, 0.05) is 42.7 Å². The quantitative estimate of drug-likeness (QED) is 0.0802. The van der Waals surface area contributed by atoms with Crippen LogP contribution in [0.1, 0.15) is 52.6 Å². The number of carboxylic acids is 1. The van der Waals surface area contributed by atoms with Gasteiger partial charge in [-0.15, -0.1) is 0 Å². The van der Waals surface area contributed by atoms with E-state index in [0.717, 1.165) is 72.5 Å². The Labute approximate surface area is 315 Å². The first-order valence-corrected chi connectivity index (χ1v) is 18.0. The maximum atomic E-state index is 11.4. The summed E-state index contributed by atoms with van der Waals surface area (Å²) in [5.74, 6) is 0.671. The molecule has 2 heterocycles. The first-order chi connectivity index (χ1) is 25.7. The summed E-state index contributed by atoms with van der Waals surface area (Å²) < 4.78 is 18.6. The summed E-state index contributed by atoms with van der Waals surface area (Å²) >= 11 is 6.68. The largest absolute Gasteiger partial charge is 0.493 e. The number of aliphatic carboxylic acids is 1. The summed E-state index contributed by atoms with van der Waals surface area (Å²) in [6.07, 6.45) is 6.07. The Bertz CT molecular complexity index is 1950. The lowest BCUT2D eigenvalue weighted by molar-refractivity contribution is -0.129. The van der Waals surface area contributed by atoms with Gasteiger partial charge in [0.25, 0.3) is 0 Å². The lowest BCUT2D eigenvalue weighted by atomic mass is 9.93. The van der Waals surface area contributed by atoms with Crippen molar-refractivity contribution in [3.05, 3.63) is 105 Å². The van der Waals surface area contributed by atoms with Gasteiger partial charge in [0.1, 0.15) is 42.2 Å². The molecule has 1 aliphatic rings. The van der Waals surface area contributed by atoms with Gasteiger partial charge < -0.3 is 34.4 Å². The van der Waals surface area contributed by atoms with Gasteiger partial charge in [0.2, 0.25) is 0 Å². The zero-order valence-electron chi connectivity index (χ0n) is 30.1. The Morgan fingerprint density at radius 2 is 1.68 bits per heavy atom. The van der Waals surface area contributed by atoms with Gasteiger partial charge in [-0.05, 0) is 98.1 Å². The fourth-order valence-electron chi connectivity index (χ4n) is 6.31. The second-order valence-corrected chi connectivity index (χ2v) is 13.5. The molecule has 0 amide bonds. The van der Waals surface area contributed by atoms with Gasteiger partial charge in [0.05, 0.1) is 30.3 Å². The molecular formula is C41H45ClN4O7. The molecule has 11 nitrogen and oxygen atoms in total. The minimum absolute atomic E-state index is 0.0691. The number of benzene rings is 3. The molecule has 0 unspecified atom stereocenters. The van der Waals surface area contributed by atoms with E-state index in [1.807, 2.05) is 24.3 Å². The summed E-state index contributed by atoms with van der Waals surface area (Å²) in [5, 5.41) is 37.7. The van der Waals surface area contributed by atoms with Crippen LogP contribution < -0.4 is 14.2 Å². The van der Waals surface area contributed by atoms with Gasteiger partial charge in [-0.2, -0.15) is 5.26 Å². The molecule has 0 atom stereocenters. The molecule has 0 saturated carbocycles. The molecule has 5 rings (SSSR count). The molecule has 1 fully saturated rings. The Morgan fingerprint density at radius 3 is 2.40 bits per heavy atom. The lowest BCUT2D eigenvalue weighted by Crippen LogP contribution is -2.35. The number of carboxylic acid groups (broad SMARTS) is 1. The minimum atomic E-state index is -1.32. The van der Waals surface area contributed by atoms with Crippen molar-refractivity contribution in [3.63, 3.8) is 0 Å². The number of hydrogen-bond donors (Lipinski definition) is 3. The van der Waals surface area contributed by atoms with E-state index in [2.05, 4.69) is 46.9 Å². The third-order valence-corrected chi connectivity index (χ3v) is 9.81. The van der Waals surface area contributed by atoms with Crippen molar-refractivity contribution in [3.8, 4) is 34.4 Å². The van der Waals surface area contributed by atoms with E-state index in [1.54, 1.807) is 24.4 Å². The highest BCUT2D eigenvalue weighted by molar-refractivity contribution is 6.36. The Balaban J connectivity index is 1.29. The van der Waals surface area contributed by atoms with E-state index < -0.39 is 18.3 Å². The third kappa shape index (κ3) is 10.6. The van der Waals surface area contributed by atoms with E-state index in [4.69, 9.17) is 25.8 Å². The highest BCUT2D eigenvalue weighted by atomic mass is 35.5. The molecule has 0 spiro atoms. The van der Waals surface area contributed by atoms with Gasteiger partial charge in [-0.1, -0.05) is 41.9 Å². The molecule has 0 radical (unpaired) electrons. The van der Waals surface area contributed by atoms with E-state index in [-0.39, 0.29) is 31.4 Å². The van der Waals surface area contributed by atoms with Crippen molar-refractivity contribution in [1.82, 2.24) is 9.88 Å². The first-order valence-electron chi connectivity index (χ1n) is 17.6. The van der Waals surface area contributed by atoms with Gasteiger partial charge in [-0.25, -0.2) is 4.79 Å². The standard InChI is InChI=1S/C41H45ClN4O7/c1-27-32(6-3-7-34(27)35-8-4-9-38(28(35)2)51-15-5-12-46-13-10-29(23-47)11-14-46)26-53-40-18-39(52-25-31-16-30(19-43)20-44-21-31)33(17-36(40)42)22-45-37(24-48)41(49)50/h3-4,6-9,16-18,20-21,29,47-48H,5,10-15,22-26H2,1-2H3,(H,49,50)/b45-37+. The average molecular weight is 741 g/mol. The van der Waals surface area contributed by atoms with Crippen molar-refractivity contribution in [2.45, 2.75) is 52.9 Å². The molecule has 278 valence electrons. The summed E-state index contributed by atoms with van der Waals surface area (Å²) in [7, 11) is 0. The van der Waals surface area contributed by atoms with Crippen LogP contribution in [0, 0.1) is 31.1 Å². The number of ether oxygens (including phenoxy) is 3. The molecule has 3 aromatic carbocycles. The summed E-state index contributed by atoms with van der Waals surface area (Å²) in [6.45, 7) is 7.52. The lowest BCUT2D eigenvalue weighted by Gasteiger charge is -2.30. The zero-order valence-corrected chi connectivity index (χ0v) is 30.8. The minimum Gasteiger partial charge on any atom is -0.493 e. The highest BCUT2D eigenvalue weighted by Gasteiger charge is 2.19. The van der Waals surface area contributed by atoms with E-state index in [1.165, 1.54) is 6.20 Å². The number of piperidine rings is 1. The van der Waals surface area contributed by atoms with Crippen LogP contribution in [0.25, 0.3) is 11.1 Å². The van der Waals surface area contributed by atoms with Crippen LogP contribution in [0.15, 0.2) is 72.0 Å². The number of carbonyl (C=O) groups is 1. The van der Waals surface area contributed by atoms with Crippen molar-refractivity contribution in [2.75, 3.05) is 39.5 Å². The maximum Gasteiger partial charge on any atom is 0.352 e. The van der Waals surface area contributed by atoms with Crippen molar-refractivity contribution < 1.29 is 34.3 Å². The summed E-state index contributed by atoms with van der Waals surface area (Å²) in [5.41, 5.74) is 6.34. The van der Waals surface area contributed by atoms with Crippen LogP contribution in [0.5, 0.6) is 17.2 Å². The van der Waals surface area contributed by atoms with Crippen molar-refractivity contribution in [1.29, 1.82) is 5.26 Å². The third-order valence-electron chi connectivity index (χ3n) is 9.52. The van der Waals surface area contributed by atoms with E-state index in [0.29, 0.717) is 40.7 Å². The second kappa shape index (κ2) is 19.2. The predicted molar refractivity (Wildman–Crippen MR) is 203 cm³/mol. The number of aliphatic imine (C=N–C) groups is 1. The molecule has 1 aliphatic heterocycles. The number of pyridine rings is 1. The number of likely N-dealkylation sites (tertiary alicyclic amines) is 1. The summed E-state index contributed by atoms with van der Waals surface area (Å²) in [6, 6.07) is 19.2. The summed E-state index contributed by atoms with van der Waals surface area (Å²) in [4.78, 5) is 22.0. The van der Waals surface area contributed by atoms with Gasteiger partial charge >= 0.3 is 5.97 Å². The van der Waals surface area contributed by atoms with Gasteiger partial charge in [-0.3, -0.25) is 9.98 Å². The molecule has 0 aliphatic carbocycles. The number of aliphatic hydroxyl groups is 2. The molecule has 3 N–H and O–H groups in total. The smallest absolute Gasteiger partial charge is 0.352 e. The molecule has 12 heteroatoms. The van der Waals surface area contributed by atoms with Crippen LogP contribution in [-0.2, 0) is 24.6 Å². The number of halogens is 1. The number of nitrogens with zero attached hydrogens (tertiary/aromatic N) is 4. The number of aromatic nitrogens is 1. The zero-order chi connectivity index (χ0) is 37.7. The number of nitriles is 1. The topological polar surface area (TPSA) is 158 Å². The van der Waals surface area contributed by atoms with Crippen LogP contribution >= 0.6 is 11.6 Å². The van der Waals surface area contributed by atoms with Crippen LogP contribution in [0.2, 0.25) is 5.02 Å². The van der Waals surface area contributed by atoms with E-state index in [9.17, 15) is 25.4 Å². The van der Waals surface area contributed by atoms with Crippen molar-refractivity contribution in [2.24, 2.45) is 10.9 Å². The second-order valence-electron chi connectivity index (χ2n) is 13.1. The normalized spacial score (nSPS) is 13.8. The Morgan fingerprint density at radius 1 is 0.943 bits per heavy atom. The van der Waals surface area contributed by atoms with Crippen molar-refractivity contribution >= 4 is 23.3 Å². The molecule has 4 aromatic rings. The fourth-order valence-corrected chi connectivity index (χ4v) is 6.55. The number of aliphatic hydroxyl groups excluding tert-OH is 2.